The van der Waals surface area contributed by atoms with Crippen LogP contribution in [0.25, 0.3) is 0 Å². The number of nitrogens with zero attached hydrogens (tertiary/aromatic N) is 3. The van der Waals surface area contributed by atoms with Crippen LogP contribution in [0, 0.1) is 11.8 Å². The van der Waals surface area contributed by atoms with E-state index in [9.17, 15) is 9.59 Å². The summed E-state index contributed by atoms with van der Waals surface area (Å²) < 4.78 is 1.69. The lowest BCUT2D eigenvalue weighted by atomic mass is 9.85. The number of carboxylic acids is 2. The SMILES string of the molecule is Cn1cc(CN2CCC(C(=O)O)C(C(=O)O)C2)cn1. The zero-order chi connectivity index (χ0) is 14.0. The molecule has 0 spiro atoms. The van der Waals surface area contributed by atoms with Crippen molar-refractivity contribution in [1.29, 1.82) is 0 Å². The Morgan fingerprint density at radius 2 is 2.05 bits per heavy atom. The molecule has 1 aromatic heterocycles. The van der Waals surface area contributed by atoms with Gasteiger partial charge in [-0.2, -0.15) is 5.10 Å². The molecule has 0 amide bonds. The smallest absolute Gasteiger partial charge is 0.308 e. The topological polar surface area (TPSA) is 95.7 Å². The molecular weight excluding hydrogens is 250 g/mol. The molecule has 2 unspecified atom stereocenters. The van der Waals surface area contributed by atoms with Crippen molar-refractivity contribution < 1.29 is 19.8 Å². The number of aryl methyl sites for hydroxylation is 1. The fourth-order valence-corrected chi connectivity index (χ4v) is 2.52. The Balaban J connectivity index is 2.02. The van der Waals surface area contributed by atoms with Crippen LogP contribution in [-0.2, 0) is 23.2 Å². The highest BCUT2D eigenvalue weighted by molar-refractivity contribution is 5.80. The lowest BCUT2D eigenvalue weighted by Gasteiger charge is -2.34. The third-order valence-electron chi connectivity index (χ3n) is 3.50. The van der Waals surface area contributed by atoms with Crippen LogP contribution in [0.4, 0.5) is 0 Å². The first kappa shape index (κ1) is 13.5. The fourth-order valence-electron chi connectivity index (χ4n) is 2.52. The molecule has 0 radical (unpaired) electrons. The molecule has 2 N–H and O–H groups in total. The molecule has 1 aliphatic heterocycles. The van der Waals surface area contributed by atoms with Crippen molar-refractivity contribution in [2.75, 3.05) is 13.1 Å². The molecule has 19 heavy (non-hydrogen) atoms. The van der Waals surface area contributed by atoms with Crippen molar-refractivity contribution >= 4 is 11.9 Å². The summed E-state index contributed by atoms with van der Waals surface area (Å²) in [5.74, 6) is -3.69. The minimum Gasteiger partial charge on any atom is -0.481 e. The van der Waals surface area contributed by atoms with Crippen LogP contribution in [0.1, 0.15) is 12.0 Å². The maximum atomic E-state index is 11.2. The average Bonchev–Trinajstić information content (AvgIpc) is 2.74. The van der Waals surface area contributed by atoms with E-state index < -0.39 is 23.8 Å². The van der Waals surface area contributed by atoms with E-state index in [1.165, 1.54) is 0 Å². The normalized spacial score (nSPS) is 24.3. The number of aliphatic carboxylic acids is 2. The van der Waals surface area contributed by atoms with Crippen molar-refractivity contribution in [1.82, 2.24) is 14.7 Å². The molecule has 0 aromatic carbocycles. The number of hydrogen-bond acceptors (Lipinski definition) is 4. The molecule has 0 aliphatic carbocycles. The summed E-state index contributed by atoms with van der Waals surface area (Å²) in [5, 5.41) is 22.2. The van der Waals surface area contributed by atoms with Crippen LogP contribution in [0.5, 0.6) is 0 Å². The summed E-state index contributed by atoms with van der Waals surface area (Å²) >= 11 is 0. The molecule has 1 saturated heterocycles. The van der Waals surface area contributed by atoms with E-state index in [-0.39, 0.29) is 6.54 Å². The first-order valence-electron chi connectivity index (χ1n) is 6.13. The van der Waals surface area contributed by atoms with Gasteiger partial charge in [0.15, 0.2) is 0 Å². The highest BCUT2D eigenvalue weighted by Crippen LogP contribution is 2.25. The average molecular weight is 267 g/mol. The minimum absolute atomic E-state index is 0.265. The standard InChI is InChI=1S/C12H17N3O4/c1-14-5-8(4-13-14)6-15-3-2-9(11(16)17)10(7-15)12(18)19/h4-5,9-10H,2-3,6-7H2,1H3,(H,16,17)(H,18,19). The summed E-state index contributed by atoms with van der Waals surface area (Å²) in [4.78, 5) is 24.2. The van der Waals surface area contributed by atoms with Gasteiger partial charge >= 0.3 is 11.9 Å². The maximum absolute atomic E-state index is 11.2. The summed E-state index contributed by atoms with van der Waals surface area (Å²) in [6, 6.07) is 0. The fraction of sp³-hybridized carbons (Fsp3) is 0.583. The Morgan fingerprint density at radius 3 is 2.58 bits per heavy atom. The first-order chi connectivity index (χ1) is 8.97. The predicted molar refractivity (Wildman–Crippen MR) is 65.4 cm³/mol. The monoisotopic (exact) mass is 267 g/mol. The van der Waals surface area contributed by atoms with E-state index in [4.69, 9.17) is 10.2 Å². The van der Waals surface area contributed by atoms with E-state index in [1.807, 2.05) is 18.1 Å². The molecule has 7 heteroatoms. The number of aromatic nitrogens is 2. The van der Waals surface area contributed by atoms with E-state index in [0.29, 0.717) is 19.5 Å². The molecule has 7 nitrogen and oxygen atoms in total. The second-order valence-corrected chi connectivity index (χ2v) is 4.94. The second-order valence-electron chi connectivity index (χ2n) is 4.94. The van der Waals surface area contributed by atoms with Gasteiger partial charge in [0.1, 0.15) is 0 Å². The Kier molecular flexibility index (Phi) is 3.84. The molecule has 0 bridgehead atoms. The van der Waals surface area contributed by atoms with Crippen LogP contribution in [0.15, 0.2) is 12.4 Å². The van der Waals surface area contributed by atoms with Crippen LogP contribution in [0.3, 0.4) is 0 Å². The first-order valence-corrected chi connectivity index (χ1v) is 6.13. The second kappa shape index (κ2) is 5.40. The van der Waals surface area contributed by atoms with Gasteiger partial charge in [-0.3, -0.25) is 19.2 Å². The van der Waals surface area contributed by atoms with Crippen LogP contribution in [-0.4, -0.2) is 49.9 Å². The number of carbonyl (C=O) groups is 2. The zero-order valence-corrected chi connectivity index (χ0v) is 10.7. The van der Waals surface area contributed by atoms with Crippen molar-refractivity contribution in [3.63, 3.8) is 0 Å². The molecule has 1 aromatic rings. The third kappa shape index (κ3) is 3.11. The van der Waals surface area contributed by atoms with Gasteiger partial charge < -0.3 is 10.2 Å². The highest BCUT2D eigenvalue weighted by Gasteiger charge is 2.38. The number of hydrogen-bond donors (Lipinski definition) is 2. The third-order valence-corrected chi connectivity index (χ3v) is 3.50. The summed E-state index contributed by atoms with van der Waals surface area (Å²) in [5.41, 5.74) is 1.00. The zero-order valence-electron chi connectivity index (χ0n) is 10.7. The Labute approximate surface area is 110 Å². The van der Waals surface area contributed by atoms with Crippen LogP contribution in [0.2, 0.25) is 0 Å². The Hall–Kier alpha value is -1.89. The number of likely N-dealkylation sites (tertiary alicyclic amines) is 1. The van der Waals surface area contributed by atoms with Crippen molar-refractivity contribution in [3.05, 3.63) is 18.0 Å². The molecule has 0 saturated carbocycles. The molecule has 2 rings (SSSR count). The van der Waals surface area contributed by atoms with Crippen LogP contribution < -0.4 is 0 Å². The summed E-state index contributed by atoms with van der Waals surface area (Å²) in [6.07, 6.45) is 3.98. The van der Waals surface area contributed by atoms with Crippen LogP contribution >= 0.6 is 0 Å². The van der Waals surface area contributed by atoms with Gasteiger partial charge in [0.05, 0.1) is 18.0 Å². The van der Waals surface area contributed by atoms with Gasteiger partial charge in [-0.05, 0) is 13.0 Å². The van der Waals surface area contributed by atoms with Crippen molar-refractivity contribution in [2.45, 2.75) is 13.0 Å². The predicted octanol–water partition coefficient (Wildman–Crippen LogP) is 0.0274. The van der Waals surface area contributed by atoms with E-state index in [2.05, 4.69) is 5.10 Å². The quantitative estimate of drug-likeness (QED) is 0.799. The van der Waals surface area contributed by atoms with Gasteiger partial charge in [-0.15, -0.1) is 0 Å². The van der Waals surface area contributed by atoms with Gasteiger partial charge in [0, 0.05) is 31.9 Å². The van der Waals surface area contributed by atoms with Gasteiger partial charge in [0.25, 0.3) is 0 Å². The van der Waals surface area contributed by atoms with Gasteiger partial charge in [-0.1, -0.05) is 0 Å². The number of carboxylic acid groups (broad SMARTS) is 2. The molecule has 1 aliphatic rings. The van der Waals surface area contributed by atoms with Crippen molar-refractivity contribution in [2.24, 2.45) is 18.9 Å². The molecule has 2 atom stereocenters. The minimum atomic E-state index is -1.04. The summed E-state index contributed by atoms with van der Waals surface area (Å²) in [6.45, 7) is 1.46. The molecular formula is C12H17N3O4. The van der Waals surface area contributed by atoms with E-state index >= 15 is 0 Å². The Bertz CT molecular complexity index is 485. The highest BCUT2D eigenvalue weighted by atomic mass is 16.4. The lowest BCUT2D eigenvalue weighted by Crippen LogP contribution is -2.46. The maximum Gasteiger partial charge on any atom is 0.308 e. The number of rotatable bonds is 4. The molecule has 104 valence electrons. The van der Waals surface area contributed by atoms with Crippen molar-refractivity contribution in [3.8, 4) is 0 Å². The lowest BCUT2D eigenvalue weighted by molar-refractivity contribution is -0.157. The van der Waals surface area contributed by atoms with Gasteiger partial charge in [0.2, 0.25) is 0 Å². The Morgan fingerprint density at radius 1 is 1.37 bits per heavy atom. The largest absolute Gasteiger partial charge is 0.481 e. The van der Waals surface area contributed by atoms with E-state index in [0.717, 1.165) is 5.56 Å². The van der Waals surface area contributed by atoms with Gasteiger partial charge in [-0.25, -0.2) is 0 Å². The summed E-state index contributed by atoms with van der Waals surface area (Å²) in [7, 11) is 1.82. The molecule has 2 heterocycles. The number of piperidine rings is 1. The van der Waals surface area contributed by atoms with E-state index in [1.54, 1.807) is 10.9 Å². The molecule has 1 fully saturated rings.